The quantitative estimate of drug-likeness (QED) is 0.832. The van der Waals surface area contributed by atoms with Gasteiger partial charge in [-0.15, -0.1) is 0 Å². The van der Waals surface area contributed by atoms with Gasteiger partial charge in [-0.2, -0.15) is 0 Å². The molecular formula is C16H20O3. The van der Waals surface area contributed by atoms with Gasteiger partial charge in [0.25, 0.3) is 0 Å². The summed E-state index contributed by atoms with van der Waals surface area (Å²) in [6.07, 6.45) is 3.12. The van der Waals surface area contributed by atoms with E-state index in [9.17, 15) is 9.90 Å². The van der Waals surface area contributed by atoms with E-state index in [2.05, 4.69) is 6.92 Å². The molecule has 1 N–H and O–H groups in total. The number of hydrogen-bond acceptors (Lipinski definition) is 3. The first-order valence-electron chi connectivity index (χ1n) is 7.10. The van der Waals surface area contributed by atoms with Crippen LogP contribution in [0.1, 0.15) is 37.8 Å². The van der Waals surface area contributed by atoms with E-state index in [0.717, 1.165) is 19.3 Å². The molecule has 3 nitrogen and oxygen atoms in total. The fourth-order valence-corrected chi connectivity index (χ4v) is 4.02. The van der Waals surface area contributed by atoms with Crippen LogP contribution in [0.25, 0.3) is 0 Å². The monoisotopic (exact) mass is 260 g/mol. The minimum Gasteiger partial charge on any atom is -0.508 e. The van der Waals surface area contributed by atoms with Crippen LogP contribution in [0.2, 0.25) is 0 Å². The first kappa shape index (κ1) is 12.5. The molecule has 0 radical (unpaired) electrons. The van der Waals surface area contributed by atoms with E-state index in [1.165, 1.54) is 11.1 Å². The van der Waals surface area contributed by atoms with Crippen molar-refractivity contribution in [2.75, 3.05) is 6.61 Å². The fourth-order valence-electron chi connectivity index (χ4n) is 4.02. The third-order valence-corrected chi connectivity index (χ3v) is 4.93. The second kappa shape index (κ2) is 4.26. The second-order valence-electron chi connectivity index (χ2n) is 5.75. The van der Waals surface area contributed by atoms with Gasteiger partial charge in [0.1, 0.15) is 5.75 Å². The van der Waals surface area contributed by atoms with Gasteiger partial charge in [0.05, 0.1) is 12.5 Å². The maximum Gasteiger partial charge on any atom is 0.310 e. The van der Waals surface area contributed by atoms with Gasteiger partial charge in [0.15, 0.2) is 0 Å². The standard InChI is InChI=1S/C16H20O3/c1-3-19-15(18)14-10(2)16(14)8-4-5-11-9-12(17)6-7-13(11)16/h6-7,9-10,14,17H,3-5,8H2,1-2H3. The van der Waals surface area contributed by atoms with Crippen LogP contribution in [-0.2, 0) is 21.4 Å². The molecule has 2 aliphatic rings. The van der Waals surface area contributed by atoms with Crippen molar-refractivity contribution in [3.05, 3.63) is 29.3 Å². The fraction of sp³-hybridized carbons (Fsp3) is 0.562. The third-order valence-electron chi connectivity index (χ3n) is 4.93. The second-order valence-corrected chi connectivity index (χ2v) is 5.75. The molecule has 0 aliphatic heterocycles. The van der Waals surface area contributed by atoms with Crippen molar-refractivity contribution in [3.63, 3.8) is 0 Å². The zero-order chi connectivity index (χ0) is 13.6. The van der Waals surface area contributed by atoms with E-state index in [1.807, 2.05) is 19.1 Å². The lowest BCUT2D eigenvalue weighted by Gasteiger charge is -2.27. The number of ether oxygens (including phenoxy) is 1. The molecule has 3 rings (SSSR count). The summed E-state index contributed by atoms with van der Waals surface area (Å²) in [5, 5.41) is 9.61. The number of phenols is 1. The van der Waals surface area contributed by atoms with Crippen LogP contribution in [0.5, 0.6) is 5.75 Å². The number of rotatable bonds is 2. The topological polar surface area (TPSA) is 46.5 Å². The Kier molecular flexibility index (Phi) is 2.80. The minimum absolute atomic E-state index is 0.00366. The molecule has 1 fully saturated rings. The summed E-state index contributed by atoms with van der Waals surface area (Å²) in [5.41, 5.74) is 2.42. The van der Waals surface area contributed by atoms with Crippen molar-refractivity contribution in [3.8, 4) is 5.75 Å². The van der Waals surface area contributed by atoms with Gasteiger partial charge in [0.2, 0.25) is 0 Å². The molecule has 1 aromatic carbocycles. The highest BCUT2D eigenvalue weighted by atomic mass is 16.5. The maximum absolute atomic E-state index is 12.1. The van der Waals surface area contributed by atoms with Crippen LogP contribution >= 0.6 is 0 Å². The molecule has 0 heterocycles. The van der Waals surface area contributed by atoms with Crippen molar-refractivity contribution in [1.29, 1.82) is 0 Å². The van der Waals surface area contributed by atoms with Crippen molar-refractivity contribution in [1.82, 2.24) is 0 Å². The van der Waals surface area contributed by atoms with Crippen molar-refractivity contribution >= 4 is 5.97 Å². The number of hydrogen-bond donors (Lipinski definition) is 1. The van der Waals surface area contributed by atoms with Crippen LogP contribution in [0, 0.1) is 11.8 Å². The number of carbonyl (C=O) groups excluding carboxylic acids is 1. The Hall–Kier alpha value is -1.51. The molecule has 0 bridgehead atoms. The molecule has 3 heteroatoms. The van der Waals surface area contributed by atoms with E-state index in [4.69, 9.17) is 4.74 Å². The molecule has 3 unspecified atom stereocenters. The van der Waals surface area contributed by atoms with Gasteiger partial charge in [-0.25, -0.2) is 0 Å². The molecular weight excluding hydrogens is 240 g/mol. The van der Waals surface area contributed by atoms with Gasteiger partial charge < -0.3 is 9.84 Å². The summed E-state index contributed by atoms with van der Waals surface area (Å²) < 4.78 is 5.21. The Labute approximate surface area is 113 Å². The van der Waals surface area contributed by atoms with Crippen molar-refractivity contribution in [2.24, 2.45) is 11.8 Å². The lowest BCUT2D eigenvalue weighted by molar-refractivity contribution is -0.145. The van der Waals surface area contributed by atoms with E-state index in [0.29, 0.717) is 18.3 Å². The van der Waals surface area contributed by atoms with Crippen molar-refractivity contribution < 1.29 is 14.6 Å². The number of fused-ring (bicyclic) bond motifs is 2. The first-order valence-corrected chi connectivity index (χ1v) is 7.10. The zero-order valence-corrected chi connectivity index (χ0v) is 11.5. The number of phenolic OH excluding ortho intramolecular Hbond substituents is 1. The van der Waals surface area contributed by atoms with Crippen molar-refractivity contribution in [2.45, 2.75) is 38.5 Å². The zero-order valence-electron chi connectivity index (χ0n) is 11.5. The summed E-state index contributed by atoms with van der Waals surface area (Å²) >= 11 is 0. The average molecular weight is 260 g/mol. The normalized spacial score (nSPS) is 31.9. The number of carbonyl (C=O) groups is 1. The van der Waals surface area contributed by atoms with Crippen LogP contribution < -0.4 is 0 Å². The number of aromatic hydroxyl groups is 1. The van der Waals surface area contributed by atoms with E-state index >= 15 is 0 Å². The van der Waals surface area contributed by atoms with Gasteiger partial charge in [-0.1, -0.05) is 13.0 Å². The first-order chi connectivity index (χ1) is 9.11. The smallest absolute Gasteiger partial charge is 0.310 e. The summed E-state index contributed by atoms with van der Waals surface area (Å²) in [7, 11) is 0. The summed E-state index contributed by atoms with van der Waals surface area (Å²) in [4.78, 5) is 12.1. The Balaban J connectivity index is 1.98. The average Bonchev–Trinajstić information content (AvgIpc) is 2.95. The Morgan fingerprint density at radius 1 is 1.53 bits per heavy atom. The van der Waals surface area contributed by atoms with Crippen LogP contribution in [0.15, 0.2) is 18.2 Å². The molecule has 2 aliphatic carbocycles. The molecule has 0 amide bonds. The number of benzene rings is 1. The molecule has 1 saturated carbocycles. The third kappa shape index (κ3) is 1.67. The predicted octanol–water partition coefficient (Wildman–Crippen LogP) is 2.80. The maximum atomic E-state index is 12.1. The van der Waals surface area contributed by atoms with Gasteiger partial charge in [-0.3, -0.25) is 4.79 Å². The molecule has 102 valence electrons. The van der Waals surface area contributed by atoms with Crippen LogP contribution in [0.3, 0.4) is 0 Å². The van der Waals surface area contributed by atoms with Gasteiger partial charge in [0, 0.05) is 5.41 Å². The van der Waals surface area contributed by atoms with Gasteiger partial charge in [-0.05, 0) is 55.4 Å². The number of aryl methyl sites for hydroxylation is 1. The largest absolute Gasteiger partial charge is 0.508 e. The molecule has 0 saturated heterocycles. The van der Waals surface area contributed by atoms with Gasteiger partial charge >= 0.3 is 5.97 Å². The molecule has 1 spiro atoms. The molecule has 3 atom stereocenters. The Morgan fingerprint density at radius 2 is 2.32 bits per heavy atom. The summed E-state index contributed by atoms with van der Waals surface area (Å²) in [6.45, 7) is 4.44. The highest BCUT2D eigenvalue weighted by Gasteiger charge is 2.67. The Morgan fingerprint density at radius 3 is 3.05 bits per heavy atom. The van der Waals surface area contributed by atoms with E-state index in [1.54, 1.807) is 6.07 Å². The summed E-state index contributed by atoms with van der Waals surface area (Å²) in [6, 6.07) is 5.59. The van der Waals surface area contributed by atoms with Crippen LogP contribution in [-0.4, -0.2) is 17.7 Å². The van der Waals surface area contributed by atoms with Crippen LogP contribution in [0.4, 0.5) is 0 Å². The molecule has 1 aromatic rings. The molecule has 0 aromatic heterocycles. The molecule has 19 heavy (non-hydrogen) atoms. The Bertz CT molecular complexity index is 523. The lowest BCUT2D eigenvalue weighted by atomic mass is 9.77. The highest BCUT2D eigenvalue weighted by molar-refractivity contribution is 5.80. The van der Waals surface area contributed by atoms with E-state index < -0.39 is 0 Å². The minimum atomic E-state index is -0.0593. The number of esters is 1. The predicted molar refractivity (Wildman–Crippen MR) is 72.0 cm³/mol. The lowest BCUT2D eigenvalue weighted by Crippen LogP contribution is -2.22. The SMILES string of the molecule is CCOC(=O)C1C(C)C12CCCc1cc(O)ccc12. The highest BCUT2D eigenvalue weighted by Crippen LogP contribution is 2.65. The summed E-state index contributed by atoms with van der Waals surface area (Å²) in [5.74, 6) is 0.596. The van der Waals surface area contributed by atoms with E-state index in [-0.39, 0.29) is 17.3 Å².